The van der Waals surface area contributed by atoms with Crippen LogP contribution in [0.25, 0.3) is 11.0 Å². The van der Waals surface area contributed by atoms with Gasteiger partial charge < -0.3 is 10.2 Å². The summed E-state index contributed by atoms with van der Waals surface area (Å²) in [6, 6.07) is 5.38. The molecule has 0 amide bonds. The summed E-state index contributed by atoms with van der Waals surface area (Å²) < 4.78 is 5.15. The summed E-state index contributed by atoms with van der Waals surface area (Å²) in [6.07, 6.45) is 0. The van der Waals surface area contributed by atoms with Crippen LogP contribution < -0.4 is 11.4 Å². The molecule has 0 bridgehead atoms. The van der Waals surface area contributed by atoms with Crippen LogP contribution in [0.5, 0.6) is 0 Å². The molecule has 3 heteroatoms. The molecule has 0 aliphatic heterocycles. The maximum Gasteiger partial charge on any atom is 0.336 e. The lowest BCUT2D eigenvalue weighted by Gasteiger charge is -2.06. The van der Waals surface area contributed by atoms with Crippen LogP contribution in [0.4, 0.5) is 0 Å². The molecule has 1 heterocycles. The van der Waals surface area contributed by atoms with Gasteiger partial charge in [0.15, 0.2) is 0 Å². The van der Waals surface area contributed by atoms with Crippen LogP contribution in [0, 0.1) is 13.8 Å². The van der Waals surface area contributed by atoms with E-state index in [0.29, 0.717) is 12.1 Å². The molecule has 2 rings (SSSR count). The zero-order valence-corrected chi connectivity index (χ0v) is 8.83. The van der Waals surface area contributed by atoms with E-state index in [1.165, 1.54) is 6.07 Å². The van der Waals surface area contributed by atoms with Crippen LogP contribution in [0.1, 0.15) is 16.7 Å². The molecule has 78 valence electrons. The van der Waals surface area contributed by atoms with Gasteiger partial charge in [-0.05, 0) is 36.6 Å². The average Bonchev–Trinajstić information content (AvgIpc) is 2.14. The molecule has 2 aromatic rings. The molecule has 1 aromatic heterocycles. The van der Waals surface area contributed by atoms with Crippen molar-refractivity contribution in [2.24, 2.45) is 5.73 Å². The number of aryl methyl sites for hydroxylation is 2. The first-order valence-electron chi connectivity index (χ1n) is 4.86. The molecule has 1 aromatic carbocycles. The molecule has 0 unspecified atom stereocenters. The fourth-order valence-electron chi connectivity index (χ4n) is 1.93. The molecule has 0 aliphatic carbocycles. The van der Waals surface area contributed by atoms with Crippen LogP contribution in [0.3, 0.4) is 0 Å². The lowest BCUT2D eigenvalue weighted by atomic mass is 10.0. The van der Waals surface area contributed by atoms with Gasteiger partial charge in [0.2, 0.25) is 0 Å². The van der Waals surface area contributed by atoms with E-state index in [4.69, 9.17) is 10.2 Å². The molecule has 3 nitrogen and oxygen atoms in total. The predicted octanol–water partition coefficient (Wildman–Crippen LogP) is 1.87. The highest BCUT2D eigenvalue weighted by Gasteiger charge is 2.07. The van der Waals surface area contributed by atoms with Crippen molar-refractivity contribution in [1.29, 1.82) is 0 Å². The second-order valence-electron chi connectivity index (χ2n) is 3.75. The van der Waals surface area contributed by atoms with Crippen LogP contribution in [-0.2, 0) is 6.54 Å². The summed E-state index contributed by atoms with van der Waals surface area (Å²) in [5.41, 5.74) is 8.92. The van der Waals surface area contributed by atoms with Gasteiger partial charge in [0, 0.05) is 18.0 Å². The maximum absolute atomic E-state index is 11.3. The van der Waals surface area contributed by atoms with Gasteiger partial charge in [0.25, 0.3) is 0 Å². The largest absolute Gasteiger partial charge is 0.423 e. The van der Waals surface area contributed by atoms with Crippen LogP contribution in [0.15, 0.2) is 27.4 Å². The number of benzene rings is 1. The van der Waals surface area contributed by atoms with Crippen molar-refractivity contribution in [1.82, 2.24) is 0 Å². The summed E-state index contributed by atoms with van der Waals surface area (Å²) in [7, 11) is 0. The summed E-state index contributed by atoms with van der Waals surface area (Å²) in [5, 5.41) is 0.961. The zero-order valence-electron chi connectivity index (χ0n) is 8.83. The lowest BCUT2D eigenvalue weighted by Crippen LogP contribution is -2.05. The van der Waals surface area contributed by atoms with Gasteiger partial charge >= 0.3 is 5.63 Å². The Morgan fingerprint density at radius 3 is 2.67 bits per heavy atom. The average molecular weight is 203 g/mol. The van der Waals surface area contributed by atoms with E-state index in [2.05, 4.69) is 6.07 Å². The molecule has 0 spiro atoms. The topological polar surface area (TPSA) is 56.2 Å². The van der Waals surface area contributed by atoms with Gasteiger partial charge in [0.1, 0.15) is 5.58 Å². The van der Waals surface area contributed by atoms with E-state index in [1.54, 1.807) is 0 Å². The van der Waals surface area contributed by atoms with Crippen molar-refractivity contribution < 1.29 is 4.42 Å². The van der Waals surface area contributed by atoms with Gasteiger partial charge in [-0.25, -0.2) is 4.79 Å². The first kappa shape index (κ1) is 9.93. The van der Waals surface area contributed by atoms with E-state index in [9.17, 15) is 4.79 Å². The third kappa shape index (κ3) is 1.66. The Kier molecular flexibility index (Phi) is 2.32. The van der Waals surface area contributed by atoms with Gasteiger partial charge in [0.05, 0.1) is 0 Å². The Morgan fingerprint density at radius 2 is 2.00 bits per heavy atom. The highest BCUT2D eigenvalue weighted by atomic mass is 16.4. The number of hydrogen-bond acceptors (Lipinski definition) is 3. The standard InChI is InChI=1S/C12H13NO2/c1-7-3-8(2)12-9(6-13)5-11(14)15-10(12)4-7/h3-5H,6,13H2,1-2H3. The van der Waals surface area contributed by atoms with E-state index >= 15 is 0 Å². The van der Waals surface area contributed by atoms with Crippen molar-refractivity contribution in [3.8, 4) is 0 Å². The molecular formula is C12H13NO2. The summed E-state index contributed by atoms with van der Waals surface area (Å²) in [5.74, 6) is 0. The van der Waals surface area contributed by atoms with Crippen molar-refractivity contribution in [2.75, 3.05) is 0 Å². The Labute approximate surface area is 87.5 Å². The molecule has 15 heavy (non-hydrogen) atoms. The van der Waals surface area contributed by atoms with Crippen molar-refractivity contribution >= 4 is 11.0 Å². The van der Waals surface area contributed by atoms with E-state index in [1.807, 2.05) is 19.9 Å². The Hall–Kier alpha value is -1.61. The monoisotopic (exact) mass is 203 g/mol. The molecular weight excluding hydrogens is 190 g/mol. The molecule has 0 aliphatic rings. The molecule has 2 N–H and O–H groups in total. The predicted molar refractivity (Wildman–Crippen MR) is 59.8 cm³/mol. The fraction of sp³-hybridized carbons (Fsp3) is 0.250. The van der Waals surface area contributed by atoms with Crippen molar-refractivity contribution in [2.45, 2.75) is 20.4 Å². The third-order valence-electron chi connectivity index (χ3n) is 2.49. The first-order chi connectivity index (χ1) is 7.11. The van der Waals surface area contributed by atoms with Crippen LogP contribution >= 0.6 is 0 Å². The summed E-state index contributed by atoms with van der Waals surface area (Å²) >= 11 is 0. The minimum absolute atomic E-state index is 0.340. The maximum atomic E-state index is 11.3. The molecule has 0 fully saturated rings. The van der Waals surface area contributed by atoms with Crippen molar-refractivity contribution in [3.05, 3.63) is 45.3 Å². The van der Waals surface area contributed by atoms with E-state index in [-0.39, 0.29) is 5.63 Å². The summed E-state index contributed by atoms with van der Waals surface area (Å²) in [6.45, 7) is 4.32. The molecule has 0 saturated heterocycles. The van der Waals surface area contributed by atoms with Crippen LogP contribution in [0.2, 0.25) is 0 Å². The Balaban J connectivity index is 2.96. The smallest absolute Gasteiger partial charge is 0.336 e. The molecule has 0 atom stereocenters. The minimum atomic E-state index is -0.340. The highest BCUT2D eigenvalue weighted by Crippen LogP contribution is 2.22. The lowest BCUT2D eigenvalue weighted by molar-refractivity contribution is 0.558. The number of rotatable bonds is 1. The fourth-order valence-corrected chi connectivity index (χ4v) is 1.93. The molecule has 0 radical (unpaired) electrons. The SMILES string of the molecule is Cc1cc(C)c2c(CN)cc(=O)oc2c1. The molecule has 0 saturated carbocycles. The van der Waals surface area contributed by atoms with Crippen molar-refractivity contribution in [3.63, 3.8) is 0 Å². The van der Waals surface area contributed by atoms with Gasteiger partial charge in [-0.1, -0.05) is 6.07 Å². The van der Waals surface area contributed by atoms with Crippen LogP contribution in [-0.4, -0.2) is 0 Å². The van der Waals surface area contributed by atoms with E-state index < -0.39 is 0 Å². The first-order valence-corrected chi connectivity index (χ1v) is 4.86. The van der Waals surface area contributed by atoms with E-state index in [0.717, 1.165) is 22.1 Å². The van der Waals surface area contributed by atoms with Gasteiger partial charge in [-0.2, -0.15) is 0 Å². The highest BCUT2D eigenvalue weighted by molar-refractivity contribution is 5.84. The zero-order chi connectivity index (χ0) is 11.0. The second-order valence-corrected chi connectivity index (χ2v) is 3.75. The quantitative estimate of drug-likeness (QED) is 0.720. The Bertz CT molecular complexity index is 570. The third-order valence-corrected chi connectivity index (χ3v) is 2.49. The summed E-state index contributed by atoms with van der Waals surface area (Å²) in [4.78, 5) is 11.3. The van der Waals surface area contributed by atoms with Gasteiger partial charge in [-0.3, -0.25) is 0 Å². The normalized spacial score (nSPS) is 10.9. The Morgan fingerprint density at radius 1 is 1.27 bits per heavy atom. The van der Waals surface area contributed by atoms with Gasteiger partial charge in [-0.15, -0.1) is 0 Å². The second kappa shape index (κ2) is 3.51. The number of fused-ring (bicyclic) bond motifs is 1. The number of nitrogens with two attached hydrogens (primary N) is 1. The minimum Gasteiger partial charge on any atom is -0.423 e. The number of hydrogen-bond donors (Lipinski definition) is 1.